The van der Waals surface area contributed by atoms with E-state index in [4.69, 9.17) is 21.1 Å². The van der Waals surface area contributed by atoms with E-state index < -0.39 is 10.1 Å². The van der Waals surface area contributed by atoms with E-state index >= 15 is 0 Å². The van der Waals surface area contributed by atoms with Gasteiger partial charge in [0.1, 0.15) is 11.0 Å². The Kier molecular flexibility index (Phi) is 7.69. The summed E-state index contributed by atoms with van der Waals surface area (Å²) in [5, 5.41) is 0.686. The first kappa shape index (κ1) is 26.8. The average Bonchev–Trinajstić information content (AvgIpc) is 3.41. The number of fused-ring (bicyclic) bond motifs is 2. The van der Waals surface area contributed by atoms with Gasteiger partial charge in [0, 0.05) is 30.5 Å². The standard InChI is InChI=1S/C24H22ClN5OS.CH4O3S/c1-4-11-29-20-12-17(9-10-18(20)27-24(29)28(2)3)30-14-26-19-13-21(32-22(19)23(30)31)15-5-7-16(25)8-6-15;1-5(2,3)4/h5-10,12-14H,4,11H2,1-3H3;1H3,(H,2,3,4). The minimum atomic E-state index is -3.67. The molecule has 3 aromatic heterocycles. The van der Waals surface area contributed by atoms with Gasteiger partial charge in [0.15, 0.2) is 0 Å². The van der Waals surface area contributed by atoms with Crippen LogP contribution in [0.4, 0.5) is 5.95 Å². The highest BCUT2D eigenvalue weighted by Gasteiger charge is 2.15. The maximum Gasteiger partial charge on any atom is 0.275 e. The van der Waals surface area contributed by atoms with Crippen molar-refractivity contribution in [2.75, 3.05) is 25.3 Å². The van der Waals surface area contributed by atoms with E-state index in [9.17, 15) is 13.2 Å². The molecule has 5 rings (SSSR count). The summed E-state index contributed by atoms with van der Waals surface area (Å²) in [6.07, 6.45) is 3.32. The maximum absolute atomic E-state index is 13.4. The monoisotopic (exact) mass is 559 g/mol. The maximum atomic E-state index is 13.4. The van der Waals surface area contributed by atoms with Gasteiger partial charge >= 0.3 is 0 Å². The minimum absolute atomic E-state index is 0.0750. The lowest BCUT2D eigenvalue weighted by atomic mass is 10.2. The van der Waals surface area contributed by atoms with Crippen molar-refractivity contribution in [3.63, 3.8) is 0 Å². The van der Waals surface area contributed by atoms with Crippen LogP contribution in [-0.4, -0.2) is 52.4 Å². The third-order valence-electron chi connectivity index (χ3n) is 5.40. The molecule has 0 saturated heterocycles. The highest BCUT2D eigenvalue weighted by Crippen LogP contribution is 2.32. The van der Waals surface area contributed by atoms with Crippen LogP contribution in [0.5, 0.6) is 0 Å². The molecule has 0 aliphatic carbocycles. The number of nitrogens with zero attached hydrogens (tertiary/aromatic N) is 5. The van der Waals surface area contributed by atoms with Crippen molar-refractivity contribution in [1.82, 2.24) is 19.1 Å². The van der Waals surface area contributed by atoms with Gasteiger partial charge in [0.2, 0.25) is 5.95 Å². The Balaban J connectivity index is 0.000000586. The fourth-order valence-electron chi connectivity index (χ4n) is 3.89. The van der Waals surface area contributed by atoms with Crippen LogP contribution in [0.2, 0.25) is 5.02 Å². The van der Waals surface area contributed by atoms with Gasteiger partial charge in [0.25, 0.3) is 15.7 Å². The number of imidazole rings is 1. The zero-order valence-electron chi connectivity index (χ0n) is 20.7. The van der Waals surface area contributed by atoms with Gasteiger partial charge in [-0.15, -0.1) is 11.3 Å². The summed E-state index contributed by atoms with van der Waals surface area (Å²) in [7, 11) is 0.317. The molecule has 5 aromatic rings. The zero-order valence-corrected chi connectivity index (χ0v) is 23.1. The molecule has 0 atom stereocenters. The second-order valence-corrected chi connectivity index (χ2v) is 11.6. The molecule has 0 saturated carbocycles. The molecule has 0 fully saturated rings. The van der Waals surface area contributed by atoms with Crippen molar-refractivity contribution in [2.24, 2.45) is 0 Å². The molecule has 0 aliphatic heterocycles. The number of anilines is 1. The molecule has 3 heterocycles. The molecule has 194 valence electrons. The summed E-state index contributed by atoms with van der Waals surface area (Å²) in [6, 6.07) is 15.5. The summed E-state index contributed by atoms with van der Waals surface area (Å²) in [6.45, 7) is 3.00. The fourth-order valence-corrected chi connectivity index (χ4v) is 5.06. The SMILES string of the molecule is CCCn1c(N(C)C)nc2ccc(-n3cnc4cc(-c5ccc(Cl)cc5)sc4c3=O)cc21.CS(=O)(=O)O. The largest absolute Gasteiger partial charge is 0.348 e. The molecule has 0 aliphatic rings. The molecule has 37 heavy (non-hydrogen) atoms. The van der Waals surface area contributed by atoms with Gasteiger partial charge in [-0.3, -0.25) is 13.9 Å². The van der Waals surface area contributed by atoms with E-state index in [1.807, 2.05) is 67.5 Å². The van der Waals surface area contributed by atoms with Gasteiger partial charge in [-0.25, -0.2) is 9.97 Å². The summed E-state index contributed by atoms with van der Waals surface area (Å²) >= 11 is 7.46. The van der Waals surface area contributed by atoms with Gasteiger partial charge < -0.3 is 9.47 Å². The van der Waals surface area contributed by atoms with E-state index in [2.05, 4.69) is 16.5 Å². The molecule has 9 nitrogen and oxygen atoms in total. The van der Waals surface area contributed by atoms with Crippen LogP contribution >= 0.6 is 22.9 Å². The smallest absolute Gasteiger partial charge is 0.275 e. The number of hydrogen-bond donors (Lipinski definition) is 1. The Hall–Kier alpha value is -3.25. The molecule has 1 N–H and O–H groups in total. The first-order chi connectivity index (χ1) is 17.5. The molecule has 0 amide bonds. The van der Waals surface area contributed by atoms with Crippen LogP contribution in [0.1, 0.15) is 13.3 Å². The van der Waals surface area contributed by atoms with Crippen LogP contribution in [0.3, 0.4) is 0 Å². The third kappa shape index (κ3) is 6.02. The van der Waals surface area contributed by atoms with Crippen molar-refractivity contribution < 1.29 is 13.0 Å². The highest BCUT2D eigenvalue weighted by atomic mass is 35.5. The van der Waals surface area contributed by atoms with E-state index in [1.165, 1.54) is 11.3 Å². The predicted molar refractivity (Wildman–Crippen MR) is 151 cm³/mol. The molecule has 12 heteroatoms. The number of rotatable bonds is 5. The quantitative estimate of drug-likeness (QED) is 0.298. The van der Waals surface area contributed by atoms with Crippen LogP contribution < -0.4 is 10.5 Å². The molecular weight excluding hydrogens is 534 g/mol. The van der Waals surface area contributed by atoms with Crippen LogP contribution in [0.25, 0.3) is 37.4 Å². The first-order valence-corrected chi connectivity index (χ1v) is 14.4. The van der Waals surface area contributed by atoms with E-state index in [1.54, 1.807) is 10.9 Å². The van der Waals surface area contributed by atoms with Crippen molar-refractivity contribution in [1.29, 1.82) is 0 Å². The van der Waals surface area contributed by atoms with Crippen LogP contribution in [0.15, 0.2) is 59.7 Å². The van der Waals surface area contributed by atoms with E-state index in [-0.39, 0.29) is 5.56 Å². The van der Waals surface area contributed by atoms with Crippen LogP contribution in [-0.2, 0) is 16.7 Å². The second kappa shape index (κ2) is 10.6. The number of aromatic nitrogens is 4. The highest BCUT2D eigenvalue weighted by molar-refractivity contribution is 7.85. The number of thiophene rings is 1. The first-order valence-electron chi connectivity index (χ1n) is 11.3. The Morgan fingerprint density at radius 1 is 1.08 bits per heavy atom. The Bertz CT molecular complexity index is 1730. The van der Waals surface area contributed by atoms with Crippen molar-refractivity contribution in [3.8, 4) is 16.1 Å². The summed E-state index contributed by atoms with van der Waals surface area (Å²) in [4.78, 5) is 25.7. The molecular formula is C25H26ClN5O4S2. The lowest BCUT2D eigenvalue weighted by Gasteiger charge is -2.14. The third-order valence-corrected chi connectivity index (χ3v) is 6.82. The lowest BCUT2D eigenvalue weighted by Crippen LogP contribution is -2.18. The number of benzene rings is 2. The summed E-state index contributed by atoms with van der Waals surface area (Å²) in [5.41, 5.74) is 4.34. The van der Waals surface area contributed by atoms with Crippen molar-refractivity contribution in [2.45, 2.75) is 19.9 Å². The summed E-state index contributed by atoms with van der Waals surface area (Å²) in [5.74, 6) is 0.908. The summed E-state index contributed by atoms with van der Waals surface area (Å²) < 4.78 is 30.3. The normalized spacial score (nSPS) is 11.5. The Morgan fingerprint density at radius 2 is 1.76 bits per heavy atom. The number of halogens is 1. The Labute approximate surface area is 223 Å². The van der Waals surface area contributed by atoms with Gasteiger partial charge in [-0.1, -0.05) is 30.7 Å². The molecule has 0 spiro atoms. The van der Waals surface area contributed by atoms with Crippen LogP contribution in [0, 0.1) is 0 Å². The molecule has 0 unspecified atom stereocenters. The van der Waals surface area contributed by atoms with Gasteiger partial charge in [0.05, 0.1) is 28.5 Å². The Morgan fingerprint density at radius 3 is 2.38 bits per heavy atom. The topological polar surface area (TPSA) is 110 Å². The molecule has 0 bridgehead atoms. The zero-order chi connectivity index (χ0) is 26.9. The van der Waals surface area contributed by atoms with Gasteiger partial charge in [-0.2, -0.15) is 8.42 Å². The number of hydrogen-bond acceptors (Lipinski definition) is 7. The van der Waals surface area contributed by atoms with Gasteiger partial charge in [-0.05, 0) is 48.4 Å². The lowest BCUT2D eigenvalue weighted by molar-refractivity contribution is 0.490. The number of aryl methyl sites for hydroxylation is 1. The second-order valence-electron chi connectivity index (χ2n) is 8.62. The fraction of sp³-hybridized carbons (Fsp3) is 0.240. The average molecular weight is 560 g/mol. The van der Waals surface area contributed by atoms with Crippen molar-refractivity contribution in [3.05, 3.63) is 70.2 Å². The molecule has 0 radical (unpaired) electrons. The molecule has 2 aromatic carbocycles. The van der Waals surface area contributed by atoms with E-state index in [0.717, 1.165) is 46.1 Å². The minimum Gasteiger partial charge on any atom is -0.348 e. The van der Waals surface area contributed by atoms with Crippen molar-refractivity contribution >= 4 is 60.3 Å². The van der Waals surface area contributed by atoms with E-state index in [0.29, 0.717) is 21.5 Å². The predicted octanol–water partition coefficient (Wildman–Crippen LogP) is 5.10.